The number of rotatable bonds is 7. The van der Waals surface area contributed by atoms with E-state index in [0.717, 1.165) is 34.7 Å². The molecule has 0 saturated carbocycles. The maximum absolute atomic E-state index is 12.7. The fourth-order valence-electron chi connectivity index (χ4n) is 3.13. The summed E-state index contributed by atoms with van der Waals surface area (Å²) in [5, 5.41) is 5.95. The molecule has 0 bridgehead atoms. The van der Waals surface area contributed by atoms with Crippen LogP contribution in [0.4, 0.5) is 5.95 Å². The molecular weight excluding hydrogens is 384 g/mol. The number of imidazole rings is 1. The molecule has 0 radical (unpaired) electrons. The molecule has 0 spiro atoms. The van der Waals surface area contributed by atoms with E-state index in [0.29, 0.717) is 23.9 Å². The summed E-state index contributed by atoms with van der Waals surface area (Å²) in [4.78, 5) is 21.7. The van der Waals surface area contributed by atoms with Gasteiger partial charge < -0.3 is 9.30 Å². The first kappa shape index (κ1) is 19.1. The quantitative estimate of drug-likeness (QED) is 0.467. The van der Waals surface area contributed by atoms with E-state index in [1.54, 1.807) is 35.6 Å². The van der Waals surface area contributed by atoms with Gasteiger partial charge in [-0.1, -0.05) is 19.1 Å². The molecule has 0 fully saturated rings. The van der Waals surface area contributed by atoms with Crippen molar-refractivity contribution in [1.29, 1.82) is 0 Å². The molecule has 1 N–H and O–H groups in total. The number of aromatic nitrogens is 3. The lowest BCUT2D eigenvalue weighted by Crippen LogP contribution is -2.16. The van der Waals surface area contributed by atoms with Crippen molar-refractivity contribution in [3.8, 4) is 5.75 Å². The Kier molecular flexibility index (Phi) is 5.57. The predicted octanol–water partition coefficient (Wildman–Crippen LogP) is 5.04. The number of thiazole rings is 1. The summed E-state index contributed by atoms with van der Waals surface area (Å²) in [6, 6.07) is 15.0. The number of anilines is 1. The molecule has 6 nitrogen and oxygen atoms in total. The van der Waals surface area contributed by atoms with E-state index in [1.807, 2.05) is 41.1 Å². The van der Waals surface area contributed by atoms with Crippen molar-refractivity contribution in [3.63, 3.8) is 0 Å². The first-order valence-corrected chi connectivity index (χ1v) is 10.4. The summed E-state index contributed by atoms with van der Waals surface area (Å²) >= 11 is 1.60. The topological polar surface area (TPSA) is 69.0 Å². The molecule has 0 unspecified atom stereocenters. The zero-order chi connectivity index (χ0) is 20.2. The monoisotopic (exact) mass is 406 g/mol. The Labute approximate surface area is 173 Å². The first-order chi connectivity index (χ1) is 14.1. The fourth-order valence-corrected chi connectivity index (χ4v) is 3.73. The van der Waals surface area contributed by atoms with Gasteiger partial charge in [0.15, 0.2) is 0 Å². The van der Waals surface area contributed by atoms with Crippen LogP contribution in [0.25, 0.3) is 11.0 Å². The average Bonchev–Trinajstić information content (AvgIpc) is 3.30. The lowest BCUT2D eigenvalue weighted by molar-refractivity contribution is 0.102. The summed E-state index contributed by atoms with van der Waals surface area (Å²) in [6.07, 6.45) is 0.952. The van der Waals surface area contributed by atoms with Gasteiger partial charge in [-0.25, -0.2) is 9.97 Å². The number of aryl methyl sites for hydroxylation is 2. The second-order valence-electron chi connectivity index (χ2n) is 6.70. The molecule has 0 atom stereocenters. The van der Waals surface area contributed by atoms with Crippen LogP contribution < -0.4 is 10.1 Å². The van der Waals surface area contributed by atoms with Crippen LogP contribution in [-0.2, 0) is 13.2 Å². The minimum Gasteiger partial charge on any atom is -0.487 e. The van der Waals surface area contributed by atoms with Gasteiger partial charge in [0, 0.05) is 17.5 Å². The molecular formula is C22H22N4O2S. The van der Waals surface area contributed by atoms with Crippen LogP contribution in [0.1, 0.15) is 34.4 Å². The standard InChI is InChI=1S/C22H22N4O2S/c1-3-12-26-20-7-5-4-6-19(20)24-22(26)25-21(27)16-8-10-18(11-9-16)28-13-17-14-29-15(2)23-17/h4-11,14H,3,12-13H2,1-2H3,(H,24,25,27). The van der Waals surface area contributed by atoms with Gasteiger partial charge in [-0.05, 0) is 49.7 Å². The lowest BCUT2D eigenvalue weighted by atomic mass is 10.2. The van der Waals surface area contributed by atoms with Crippen LogP contribution in [0.5, 0.6) is 5.75 Å². The highest BCUT2D eigenvalue weighted by Gasteiger charge is 2.14. The smallest absolute Gasteiger partial charge is 0.257 e. The van der Waals surface area contributed by atoms with Crippen molar-refractivity contribution in [2.45, 2.75) is 33.4 Å². The van der Waals surface area contributed by atoms with Gasteiger partial charge in [0.05, 0.1) is 21.7 Å². The molecule has 2 aromatic carbocycles. The third-order valence-corrected chi connectivity index (χ3v) is 5.32. The SMILES string of the molecule is CCCn1c(NC(=O)c2ccc(OCc3csc(C)n3)cc2)nc2ccccc21. The number of carbonyl (C=O) groups excluding carboxylic acids is 1. The Morgan fingerprint density at radius 1 is 1.14 bits per heavy atom. The van der Waals surface area contributed by atoms with Crippen LogP contribution in [0, 0.1) is 6.92 Å². The molecule has 7 heteroatoms. The molecule has 148 valence electrons. The summed E-state index contributed by atoms with van der Waals surface area (Å²) < 4.78 is 7.79. The highest BCUT2D eigenvalue weighted by atomic mass is 32.1. The van der Waals surface area contributed by atoms with Crippen molar-refractivity contribution in [1.82, 2.24) is 14.5 Å². The van der Waals surface area contributed by atoms with Crippen LogP contribution in [-0.4, -0.2) is 20.4 Å². The summed E-state index contributed by atoms with van der Waals surface area (Å²) in [5.41, 5.74) is 3.35. The third kappa shape index (κ3) is 4.30. The number of hydrogen-bond donors (Lipinski definition) is 1. The predicted molar refractivity (Wildman–Crippen MR) is 116 cm³/mol. The zero-order valence-corrected chi connectivity index (χ0v) is 17.2. The van der Waals surface area contributed by atoms with E-state index in [2.05, 4.69) is 22.2 Å². The summed E-state index contributed by atoms with van der Waals surface area (Å²) in [7, 11) is 0. The van der Waals surface area contributed by atoms with Gasteiger partial charge in [0.2, 0.25) is 5.95 Å². The molecule has 2 heterocycles. The van der Waals surface area contributed by atoms with Crippen molar-refractivity contribution in [2.75, 3.05) is 5.32 Å². The highest BCUT2D eigenvalue weighted by Crippen LogP contribution is 2.21. The lowest BCUT2D eigenvalue weighted by Gasteiger charge is -2.09. The van der Waals surface area contributed by atoms with Crippen LogP contribution >= 0.6 is 11.3 Å². The molecule has 0 aliphatic carbocycles. The highest BCUT2D eigenvalue weighted by molar-refractivity contribution is 7.09. The van der Waals surface area contributed by atoms with Gasteiger partial charge in [0.1, 0.15) is 12.4 Å². The normalized spacial score (nSPS) is 11.0. The Hall–Kier alpha value is -3.19. The minimum absolute atomic E-state index is 0.195. The van der Waals surface area contributed by atoms with Crippen molar-refractivity contribution >= 4 is 34.2 Å². The number of ether oxygens (including phenoxy) is 1. The zero-order valence-electron chi connectivity index (χ0n) is 16.4. The number of benzene rings is 2. The molecule has 2 aromatic heterocycles. The van der Waals surface area contributed by atoms with E-state index in [-0.39, 0.29) is 5.91 Å². The van der Waals surface area contributed by atoms with E-state index in [9.17, 15) is 4.79 Å². The van der Waals surface area contributed by atoms with Gasteiger partial charge in [-0.15, -0.1) is 11.3 Å². The average molecular weight is 407 g/mol. The largest absolute Gasteiger partial charge is 0.487 e. The molecule has 4 rings (SSSR count). The van der Waals surface area contributed by atoms with Crippen molar-refractivity contribution < 1.29 is 9.53 Å². The minimum atomic E-state index is -0.195. The number of nitrogens with one attached hydrogen (secondary N) is 1. The number of carbonyl (C=O) groups is 1. The summed E-state index contributed by atoms with van der Waals surface area (Å²) in [5.74, 6) is 1.07. The first-order valence-electron chi connectivity index (χ1n) is 9.54. The molecule has 0 aliphatic heterocycles. The van der Waals surface area contributed by atoms with Crippen LogP contribution in [0.3, 0.4) is 0 Å². The molecule has 0 aliphatic rings. The number of fused-ring (bicyclic) bond motifs is 1. The fraction of sp³-hybridized carbons (Fsp3) is 0.227. The second-order valence-corrected chi connectivity index (χ2v) is 7.76. The molecule has 0 saturated heterocycles. The number of nitrogens with zero attached hydrogens (tertiary/aromatic N) is 3. The van der Waals surface area contributed by atoms with Gasteiger partial charge in [-0.2, -0.15) is 0 Å². The Morgan fingerprint density at radius 2 is 1.93 bits per heavy atom. The third-order valence-electron chi connectivity index (χ3n) is 4.50. The van der Waals surface area contributed by atoms with E-state index >= 15 is 0 Å². The van der Waals surface area contributed by atoms with Gasteiger partial charge in [0.25, 0.3) is 5.91 Å². The van der Waals surface area contributed by atoms with E-state index in [1.165, 1.54) is 0 Å². The molecule has 4 aromatic rings. The number of para-hydroxylation sites is 2. The number of amides is 1. The Balaban J connectivity index is 1.46. The van der Waals surface area contributed by atoms with Gasteiger partial charge >= 0.3 is 0 Å². The van der Waals surface area contributed by atoms with Gasteiger partial charge in [-0.3, -0.25) is 10.1 Å². The van der Waals surface area contributed by atoms with Crippen molar-refractivity contribution in [2.24, 2.45) is 0 Å². The Bertz CT molecular complexity index is 1130. The van der Waals surface area contributed by atoms with Crippen LogP contribution in [0.2, 0.25) is 0 Å². The maximum Gasteiger partial charge on any atom is 0.257 e. The van der Waals surface area contributed by atoms with E-state index < -0.39 is 0 Å². The second kappa shape index (κ2) is 8.45. The van der Waals surface area contributed by atoms with Crippen LogP contribution in [0.15, 0.2) is 53.9 Å². The summed E-state index contributed by atoms with van der Waals surface area (Å²) in [6.45, 7) is 5.28. The number of hydrogen-bond acceptors (Lipinski definition) is 5. The van der Waals surface area contributed by atoms with Crippen molar-refractivity contribution in [3.05, 3.63) is 70.2 Å². The maximum atomic E-state index is 12.7. The molecule has 29 heavy (non-hydrogen) atoms. The Morgan fingerprint density at radius 3 is 2.66 bits per heavy atom. The van der Waals surface area contributed by atoms with E-state index in [4.69, 9.17) is 4.74 Å². The molecule has 1 amide bonds.